The van der Waals surface area contributed by atoms with Gasteiger partial charge in [-0.1, -0.05) is 0 Å². The number of thiophene rings is 1. The second-order valence-corrected chi connectivity index (χ2v) is 6.22. The molecule has 114 valence electrons. The van der Waals surface area contributed by atoms with Gasteiger partial charge in [0.1, 0.15) is 11.2 Å². The van der Waals surface area contributed by atoms with Gasteiger partial charge in [0.15, 0.2) is 0 Å². The van der Waals surface area contributed by atoms with Crippen LogP contribution < -0.4 is 5.32 Å². The van der Waals surface area contributed by atoms with Crippen LogP contribution in [-0.4, -0.2) is 68.9 Å². The topological polar surface area (TPSA) is 96.2 Å². The predicted octanol–water partition coefficient (Wildman–Crippen LogP) is -0.234. The van der Waals surface area contributed by atoms with Gasteiger partial charge in [-0.25, -0.2) is 0 Å². The van der Waals surface area contributed by atoms with Crippen LogP contribution >= 0.6 is 11.3 Å². The zero-order chi connectivity index (χ0) is 15.5. The molecule has 0 spiro atoms. The van der Waals surface area contributed by atoms with Crippen LogP contribution in [0.25, 0.3) is 5.69 Å². The summed E-state index contributed by atoms with van der Waals surface area (Å²) in [7, 11) is 3.73. The fourth-order valence-corrected chi connectivity index (χ4v) is 2.81. The SMILES string of the molecule is CN(C)CC(C)(O)CNC(=O)c1sccc1-n1cnnn1. The zero-order valence-electron chi connectivity index (χ0n) is 12.1. The molecule has 2 aromatic rings. The molecule has 0 bridgehead atoms. The van der Waals surface area contributed by atoms with Gasteiger partial charge in [-0.2, -0.15) is 4.68 Å². The predicted molar refractivity (Wildman–Crippen MR) is 78.5 cm³/mol. The number of tetrazole rings is 1. The number of aromatic nitrogens is 4. The second-order valence-electron chi connectivity index (χ2n) is 5.31. The Morgan fingerprint density at radius 3 is 2.95 bits per heavy atom. The number of hydrogen-bond donors (Lipinski definition) is 2. The molecule has 0 fully saturated rings. The summed E-state index contributed by atoms with van der Waals surface area (Å²) in [6.07, 6.45) is 1.43. The number of carbonyl (C=O) groups excluding carboxylic acids is 1. The Bertz CT molecular complexity index is 593. The maximum atomic E-state index is 12.2. The van der Waals surface area contributed by atoms with E-state index in [0.717, 1.165) is 0 Å². The first-order chi connectivity index (χ1) is 9.89. The van der Waals surface area contributed by atoms with E-state index in [1.165, 1.54) is 22.3 Å². The van der Waals surface area contributed by atoms with Crippen molar-refractivity contribution in [2.45, 2.75) is 12.5 Å². The number of nitrogens with zero attached hydrogens (tertiary/aromatic N) is 5. The molecule has 2 aromatic heterocycles. The Morgan fingerprint density at radius 1 is 1.57 bits per heavy atom. The third-order valence-corrected chi connectivity index (χ3v) is 3.64. The molecule has 1 unspecified atom stereocenters. The minimum Gasteiger partial charge on any atom is -0.387 e. The molecule has 2 rings (SSSR count). The van der Waals surface area contributed by atoms with E-state index < -0.39 is 5.60 Å². The number of hydrogen-bond acceptors (Lipinski definition) is 7. The first-order valence-electron chi connectivity index (χ1n) is 6.35. The molecule has 0 aliphatic rings. The molecule has 0 saturated carbocycles. The van der Waals surface area contributed by atoms with Crippen molar-refractivity contribution in [3.63, 3.8) is 0 Å². The monoisotopic (exact) mass is 310 g/mol. The Kier molecular flexibility index (Phi) is 4.66. The van der Waals surface area contributed by atoms with Crippen molar-refractivity contribution in [1.82, 2.24) is 30.4 Å². The summed E-state index contributed by atoms with van der Waals surface area (Å²) in [6, 6.07) is 1.77. The summed E-state index contributed by atoms with van der Waals surface area (Å²) in [5.41, 5.74) is -0.375. The molecule has 2 heterocycles. The highest BCUT2D eigenvalue weighted by molar-refractivity contribution is 7.12. The molecule has 0 aliphatic heterocycles. The van der Waals surface area contributed by atoms with Crippen LogP contribution in [0.4, 0.5) is 0 Å². The standard InChI is InChI=1S/C12H18N6O2S/c1-12(20,7-17(2)3)6-13-11(19)10-9(4-5-21-10)18-8-14-15-16-18/h4-5,8,20H,6-7H2,1-3H3,(H,13,19). The van der Waals surface area contributed by atoms with Crippen LogP contribution in [0.1, 0.15) is 16.6 Å². The van der Waals surface area contributed by atoms with Crippen molar-refractivity contribution in [3.05, 3.63) is 22.7 Å². The van der Waals surface area contributed by atoms with Crippen LogP contribution in [0.3, 0.4) is 0 Å². The summed E-state index contributed by atoms with van der Waals surface area (Å²) in [5.74, 6) is -0.255. The average molecular weight is 310 g/mol. The second kappa shape index (κ2) is 6.29. The van der Waals surface area contributed by atoms with E-state index in [2.05, 4.69) is 20.8 Å². The molecule has 21 heavy (non-hydrogen) atoms. The number of carbonyl (C=O) groups is 1. The lowest BCUT2D eigenvalue weighted by molar-refractivity contribution is 0.0326. The van der Waals surface area contributed by atoms with Crippen molar-refractivity contribution in [3.8, 4) is 5.69 Å². The molecule has 0 aliphatic carbocycles. The maximum Gasteiger partial charge on any atom is 0.263 e. The van der Waals surface area contributed by atoms with E-state index in [-0.39, 0.29) is 12.5 Å². The van der Waals surface area contributed by atoms with E-state index in [9.17, 15) is 9.90 Å². The highest BCUT2D eigenvalue weighted by atomic mass is 32.1. The lowest BCUT2D eigenvalue weighted by atomic mass is 10.1. The Hall–Kier alpha value is -1.84. The Morgan fingerprint density at radius 2 is 2.33 bits per heavy atom. The number of aliphatic hydroxyl groups is 1. The normalized spacial score (nSPS) is 14.1. The molecule has 2 N–H and O–H groups in total. The van der Waals surface area contributed by atoms with Gasteiger partial charge < -0.3 is 15.3 Å². The van der Waals surface area contributed by atoms with E-state index in [0.29, 0.717) is 17.1 Å². The fraction of sp³-hybridized carbons (Fsp3) is 0.500. The minimum atomic E-state index is -0.995. The van der Waals surface area contributed by atoms with Crippen LogP contribution in [0, 0.1) is 0 Å². The van der Waals surface area contributed by atoms with Crippen LogP contribution in [-0.2, 0) is 0 Å². The minimum absolute atomic E-state index is 0.164. The van der Waals surface area contributed by atoms with E-state index in [1.807, 2.05) is 19.0 Å². The summed E-state index contributed by atoms with van der Waals surface area (Å²) < 4.78 is 1.43. The van der Waals surface area contributed by atoms with Crippen molar-refractivity contribution in [2.75, 3.05) is 27.2 Å². The molecular formula is C12H18N6O2S. The molecule has 8 nitrogen and oxygen atoms in total. The van der Waals surface area contributed by atoms with Crippen molar-refractivity contribution in [2.24, 2.45) is 0 Å². The van der Waals surface area contributed by atoms with Crippen molar-refractivity contribution >= 4 is 17.2 Å². The van der Waals surface area contributed by atoms with Crippen molar-refractivity contribution < 1.29 is 9.90 Å². The Balaban J connectivity index is 2.04. The molecule has 9 heteroatoms. The van der Waals surface area contributed by atoms with E-state index in [4.69, 9.17) is 0 Å². The van der Waals surface area contributed by atoms with Crippen LogP contribution in [0.15, 0.2) is 17.8 Å². The fourth-order valence-electron chi connectivity index (χ4n) is 2.01. The Labute approximate surface area is 126 Å². The highest BCUT2D eigenvalue weighted by Gasteiger charge is 2.23. The van der Waals surface area contributed by atoms with Crippen LogP contribution in [0.2, 0.25) is 0 Å². The van der Waals surface area contributed by atoms with Gasteiger partial charge in [0.05, 0.1) is 11.3 Å². The van der Waals surface area contributed by atoms with Gasteiger partial charge in [0, 0.05) is 13.1 Å². The third kappa shape index (κ3) is 4.06. The number of rotatable bonds is 6. The largest absolute Gasteiger partial charge is 0.387 e. The smallest absolute Gasteiger partial charge is 0.263 e. The first-order valence-corrected chi connectivity index (χ1v) is 7.23. The number of amides is 1. The lowest BCUT2D eigenvalue weighted by Gasteiger charge is -2.27. The average Bonchev–Trinajstić information content (AvgIpc) is 3.04. The molecule has 0 radical (unpaired) electrons. The summed E-state index contributed by atoms with van der Waals surface area (Å²) >= 11 is 1.30. The third-order valence-electron chi connectivity index (χ3n) is 2.73. The molecule has 0 saturated heterocycles. The van der Waals surface area contributed by atoms with Gasteiger partial charge in [-0.05, 0) is 42.9 Å². The van der Waals surface area contributed by atoms with Crippen LogP contribution in [0.5, 0.6) is 0 Å². The van der Waals surface area contributed by atoms with Gasteiger partial charge in [-0.3, -0.25) is 4.79 Å². The number of likely N-dealkylation sites (N-methyl/N-ethyl adjacent to an activating group) is 1. The lowest BCUT2D eigenvalue weighted by Crippen LogP contribution is -2.47. The van der Waals surface area contributed by atoms with Gasteiger partial charge >= 0.3 is 0 Å². The van der Waals surface area contributed by atoms with Crippen molar-refractivity contribution in [1.29, 1.82) is 0 Å². The maximum absolute atomic E-state index is 12.2. The summed E-state index contributed by atoms with van der Waals surface area (Å²) in [6.45, 7) is 2.30. The molecule has 1 atom stereocenters. The van der Waals surface area contributed by atoms with E-state index >= 15 is 0 Å². The highest BCUT2D eigenvalue weighted by Crippen LogP contribution is 2.19. The first kappa shape index (κ1) is 15.5. The quantitative estimate of drug-likeness (QED) is 0.765. The van der Waals surface area contributed by atoms with Gasteiger partial charge in [0.25, 0.3) is 5.91 Å². The number of nitrogens with one attached hydrogen (secondary N) is 1. The van der Waals surface area contributed by atoms with Gasteiger partial charge in [-0.15, -0.1) is 16.4 Å². The summed E-state index contributed by atoms with van der Waals surface area (Å²) in [5, 5.41) is 25.6. The molecule has 1 amide bonds. The van der Waals surface area contributed by atoms with Gasteiger partial charge in [0.2, 0.25) is 0 Å². The summed E-state index contributed by atoms with van der Waals surface area (Å²) in [4.78, 5) is 14.6. The van der Waals surface area contributed by atoms with E-state index in [1.54, 1.807) is 18.4 Å². The zero-order valence-corrected chi connectivity index (χ0v) is 13.0. The molecular weight excluding hydrogens is 292 g/mol. The molecule has 0 aromatic carbocycles.